The number of aromatic nitrogens is 3. The minimum atomic E-state index is -0.201. The fourth-order valence-electron chi connectivity index (χ4n) is 0.411. The summed E-state index contributed by atoms with van der Waals surface area (Å²) >= 11 is 2.26. The molecule has 0 radical (unpaired) electrons. The van der Waals surface area contributed by atoms with Crippen molar-refractivity contribution >= 4 is 0 Å². The van der Waals surface area contributed by atoms with E-state index < -0.39 is 0 Å². The molecular weight excluding hydrogens is 157 g/mol. The van der Waals surface area contributed by atoms with Crippen LogP contribution in [0.4, 0.5) is 0 Å². The molecule has 0 unspecified atom stereocenters. The Hall–Kier alpha value is -0.606. The van der Waals surface area contributed by atoms with Gasteiger partial charge in [-0.05, 0) is 0 Å². The quantitative estimate of drug-likeness (QED) is 0.542. The van der Waals surface area contributed by atoms with Crippen LogP contribution in [-0.2, 0) is 24.0 Å². The number of aromatic amines is 1. The molecule has 0 spiro atoms. The van der Waals surface area contributed by atoms with E-state index in [0.29, 0.717) is 0 Å². The van der Waals surface area contributed by atoms with E-state index in [-0.39, 0.29) is 5.69 Å². The van der Waals surface area contributed by atoms with Gasteiger partial charge in [-0.3, -0.25) is 0 Å². The van der Waals surface area contributed by atoms with Gasteiger partial charge in [-0.1, -0.05) is 0 Å². The molecule has 0 aliphatic heterocycles. The summed E-state index contributed by atoms with van der Waals surface area (Å²) in [5.41, 5.74) is -0.201. The van der Waals surface area contributed by atoms with Crippen molar-refractivity contribution in [2.45, 2.75) is 0 Å². The zero-order valence-electron chi connectivity index (χ0n) is 4.83. The minimum absolute atomic E-state index is 0.201. The van der Waals surface area contributed by atoms with Crippen molar-refractivity contribution in [2.24, 2.45) is 7.05 Å². The van der Waals surface area contributed by atoms with E-state index in [9.17, 15) is 4.79 Å². The van der Waals surface area contributed by atoms with Crippen molar-refractivity contribution in [3.8, 4) is 0 Å². The summed E-state index contributed by atoms with van der Waals surface area (Å²) in [5, 5.41) is 5.86. The monoisotopic (exact) mass is 162 g/mol. The van der Waals surface area contributed by atoms with E-state index in [1.807, 2.05) is 0 Å². The van der Waals surface area contributed by atoms with Crippen molar-refractivity contribution in [3.63, 3.8) is 0 Å². The molecule has 0 saturated heterocycles. The average Bonchev–Trinajstić information content (AvgIpc) is 1.83. The van der Waals surface area contributed by atoms with E-state index in [1.165, 1.54) is 4.57 Å². The SMILES string of the molecule is Cn1[c](=[V])cn[nH]c1=O. The van der Waals surface area contributed by atoms with Crippen molar-refractivity contribution in [2.75, 3.05) is 0 Å². The number of hydrogen-bond donors (Lipinski definition) is 1. The van der Waals surface area contributed by atoms with Crippen LogP contribution < -0.4 is 5.69 Å². The molecule has 0 aromatic carbocycles. The first-order valence-corrected chi connectivity index (χ1v) is 3.04. The summed E-state index contributed by atoms with van der Waals surface area (Å²) in [7, 11) is 1.67. The predicted molar refractivity (Wildman–Crippen MR) is 27.1 cm³/mol. The molecule has 47 valence electrons. The van der Waals surface area contributed by atoms with Crippen LogP contribution in [0.2, 0.25) is 0 Å². The standard InChI is InChI=1S/C4H5N3O.V/c1-7-3-2-5-6-4(7)8;/h2H,1H3,(H,6,8);. The molecule has 0 saturated carbocycles. The van der Waals surface area contributed by atoms with Crippen LogP contribution in [0.3, 0.4) is 0 Å². The van der Waals surface area contributed by atoms with E-state index >= 15 is 0 Å². The third-order valence-electron chi connectivity index (χ3n) is 0.988. The molecule has 1 N–H and O–H groups in total. The van der Waals surface area contributed by atoms with Crippen LogP contribution in [0, 0.1) is 4.00 Å². The molecular formula is C4H5N3OV. The maximum atomic E-state index is 10.7. The molecule has 0 aliphatic carbocycles. The molecule has 1 rings (SSSR count). The van der Waals surface area contributed by atoms with Gasteiger partial charge in [-0.25, -0.2) is 0 Å². The summed E-state index contributed by atoms with van der Waals surface area (Å²) in [4.78, 5) is 10.7. The third kappa shape index (κ3) is 1.20. The first kappa shape index (κ1) is 6.51. The number of hydrogen-bond acceptors (Lipinski definition) is 2. The van der Waals surface area contributed by atoms with Crippen molar-refractivity contribution < 1.29 is 17.0 Å². The zero-order valence-corrected chi connectivity index (χ0v) is 6.22. The van der Waals surface area contributed by atoms with Crippen molar-refractivity contribution in [1.82, 2.24) is 14.8 Å². The van der Waals surface area contributed by atoms with Crippen LogP contribution in [0.25, 0.3) is 0 Å². The van der Waals surface area contributed by atoms with Crippen LogP contribution >= 0.6 is 0 Å². The number of rotatable bonds is 0. The Balaban J connectivity index is 3.62. The second-order valence-corrected chi connectivity index (χ2v) is 2.31. The summed E-state index contributed by atoms with van der Waals surface area (Å²) in [6.07, 6.45) is 1.57. The third-order valence-corrected chi connectivity index (χ3v) is 1.64. The molecule has 5 heteroatoms. The summed E-state index contributed by atoms with van der Waals surface area (Å²) in [6.45, 7) is 0. The molecule has 0 amide bonds. The fraction of sp³-hybridized carbons (Fsp3) is 0.250. The maximum absolute atomic E-state index is 10.7. The molecule has 1 aromatic heterocycles. The van der Waals surface area contributed by atoms with Gasteiger partial charge in [0.25, 0.3) is 0 Å². The van der Waals surface area contributed by atoms with E-state index in [2.05, 4.69) is 27.2 Å². The van der Waals surface area contributed by atoms with Crippen LogP contribution in [0.1, 0.15) is 0 Å². The number of H-pyrrole nitrogens is 1. The summed E-state index contributed by atoms with van der Waals surface area (Å²) in [6, 6.07) is 0. The van der Waals surface area contributed by atoms with Crippen molar-refractivity contribution in [3.05, 3.63) is 20.7 Å². The molecule has 9 heavy (non-hydrogen) atoms. The Morgan fingerprint density at radius 2 is 2.56 bits per heavy atom. The average molecular weight is 162 g/mol. The van der Waals surface area contributed by atoms with E-state index in [4.69, 9.17) is 0 Å². The van der Waals surface area contributed by atoms with Gasteiger partial charge in [0.1, 0.15) is 0 Å². The first-order chi connectivity index (χ1) is 4.22. The van der Waals surface area contributed by atoms with Gasteiger partial charge >= 0.3 is 59.5 Å². The van der Waals surface area contributed by atoms with Gasteiger partial charge in [0.2, 0.25) is 0 Å². The number of nitrogens with one attached hydrogen (secondary N) is 1. The van der Waals surface area contributed by atoms with Crippen LogP contribution in [0.5, 0.6) is 0 Å². The van der Waals surface area contributed by atoms with Crippen LogP contribution in [-0.4, -0.2) is 14.8 Å². The Bertz CT molecular complexity index is 284. The van der Waals surface area contributed by atoms with E-state index in [1.54, 1.807) is 13.2 Å². The summed E-state index contributed by atoms with van der Waals surface area (Å²) < 4.78 is 2.25. The van der Waals surface area contributed by atoms with Gasteiger partial charge in [0, 0.05) is 0 Å². The molecule has 0 fully saturated rings. The topological polar surface area (TPSA) is 50.7 Å². The fourth-order valence-corrected chi connectivity index (χ4v) is 0.643. The second kappa shape index (κ2) is 2.33. The van der Waals surface area contributed by atoms with Gasteiger partial charge in [0.15, 0.2) is 0 Å². The Morgan fingerprint density at radius 1 is 1.89 bits per heavy atom. The summed E-state index contributed by atoms with van der Waals surface area (Å²) in [5.74, 6) is 0. The molecule has 0 bridgehead atoms. The van der Waals surface area contributed by atoms with Crippen LogP contribution in [0.15, 0.2) is 11.0 Å². The Morgan fingerprint density at radius 3 is 3.00 bits per heavy atom. The first-order valence-electron chi connectivity index (χ1n) is 2.34. The van der Waals surface area contributed by atoms with Crippen molar-refractivity contribution in [1.29, 1.82) is 0 Å². The predicted octanol–water partition coefficient (Wildman–Crippen LogP) is -0.813. The second-order valence-electron chi connectivity index (χ2n) is 1.59. The van der Waals surface area contributed by atoms with Gasteiger partial charge in [0.05, 0.1) is 0 Å². The Labute approximate surface area is 60.0 Å². The molecule has 4 nitrogen and oxygen atoms in total. The number of nitrogens with zero attached hydrogens (tertiary/aromatic N) is 2. The normalized spacial score (nSPS) is 9.33. The Kier molecular flexibility index (Phi) is 1.69. The van der Waals surface area contributed by atoms with Gasteiger partial charge < -0.3 is 0 Å². The zero-order chi connectivity index (χ0) is 6.85. The molecule has 1 heterocycles. The molecule has 0 aliphatic rings. The van der Waals surface area contributed by atoms with Gasteiger partial charge in [-0.15, -0.1) is 0 Å². The molecule has 0 atom stereocenters. The molecule has 1 aromatic rings. The van der Waals surface area contributed by atoms with Gasteiger partial charge in [-0.2, -0.15) is 0 Å². The van der Waals surface area contributed by atoms with E-state index in [0.717, 1.165) is 4.00 Å².